The molecule has 0 saturated carbocycles. The molecule has 0 N–H and O–H groups in total. The fourth-order valence-electron chi connectivity index (χ4n) is 0.679. The maximum Gasteiger partial charge on any atom is 0 e. The first-order chi connectivity index (χ1) is 3.91. The minimum absolute atomic E-state index is 0. The summed E-state index contributed by atoms with van der Waals surface area (Å²) in [5, 5.41) is 0. The molecule has 0 heterocycles. The zero-order chi connectivity index (χ0) is 6.24. The Morgan fingerprint density at radius 1 is 1.22 bits per heavy atom. The molecule has 0 saturated heterocycles. The number of unbranched alkanes of at least 4 members (excludes halogenated alkanes) is 3. The number of hydrogen-bond donors (Lipinski definition) is 0. The summed E-state index contributed by atoms with van der Waals surface area (Å²) >= 11 is 0. The molecule has 0 aliphatic heterocycles. The molecule has 0 unspecified atom stereocenters. The van der Waals surface area contributed by atoms with Crippen molar-refractivity contribution in [1.29, 1.82) is 0 Å². The summed E-state index contributed by atoms with van der Waals surface area (Å²) in [4.78, 5) is 0. The Balaban J connectivity index is 0. The van der Waals surface area contributed by atoms with Gasteiger partial charge < -0.3 is 0 Å². The van der Waals surface area contributed by atoms with Gasteiger partial charge in [0.1, 0.15) is 0 Å². The third kappa shape index (κ3) is 11.7. The van der Waals surface area contributed by atoms with Gasteiger partial charge in [-0.2, -0.15) is 0 Å². The van der Waals surface area contributed by atoms with Crippen LogP contribution in [0, 0.1) is 0 Å². The molecule has 0 aromatic rings. The van der Waals surface area contributed by atoms with Crippen molar-refractivity contribution in [3.05, 3.63) is 12.2 Å². The second-order valence-electron chi connectivity index (χ2n) is 2.06. The first-order valence-electron chi connectivity index (χ1n) is 3.53. The van der Waals surface area contributed by atoms with Gasteiger partial charge in [0.15, 0.2) is 0 Å². The number of hydrogen-bond acceptors (Lipinski definition) is 0. The van der Waals surface area contributed by atoms with Crippen LogP contribution in [0.4, 0.5) is 0 Å². The molecule has 0 atom stereocenters. The molecule has 0 aliphatic carbocycles. The maximum atomic E-state index is 2.23. The predicted octanol–water partition coefficient (Wildman–Crippen LogP) is 2.76. The van der Waals surface area contributed by atoms with E-state index >= 15 is 0 Å². The third-order valence-corrected chi connectivity index (χ3v) is 1.21. The Bertz CT molecular complexity index is 57.6. The topological polar surface area (TPSA) is 0 Å². The lowest BCUT2D eigenvalue weighted by Crippen LogP contribution is -1.68. The number of rotatable bonds is 4. The van der Waals surface area contributed by atoms with Gasteiger partial charge in [-0.25, -0.2) is 0 Å². The molecule has 0 bridgehead atoms. The van der Waals surface area contributed by atoms with Crippen LogP contribution in [0.5, 0.6) is 0 Å². The van der Waals surface area contributed by atoms with E-state index in [0.717, 1.165) is 0 Å². The first-order valence-corrected chi connectivity index (χ1v) is 3.53. The van der Waals surface area contributed by atoms with Gasteiger partial charge >= 0.3 is 0 Å². The molecule has 0 aromatic carbocycles. The van der Waals surface area contributed by atoms with Crippen LogP contribution in [-0.4, -0.2) is 17.4 Å². The molecule has 0 aliphatic rings. The quantitative estimate of drug-likeness (QED) is 0.319. The highest BCUT2D eigenvalue weighted by atomic mass is 27.0. The van der Waals surface area contributed by atoms with Crippen molar-refractivity contribution in [1.82, 2.24) is 0 Å². The average molecular weight is 139 g/mol. The van der Waals surface area contributed by atoms with Gasteiger partial charge in [-0.15, -0.1) is 0 Å². The molecule has 0 nitrogen and oxygen atoms in total. The molecule has 1 heteroatoms. The normalized spacial score (nSPS) is 9.56. The molecule has 0 spiro atoms. The third-order valence-electron chi connectivity index (χ3n) is 1.21. The largest absolute Gasteiger partial charge is 0.0917 e. The maximum absolute atomic E-state index is 2.23. The summed E-state index contributed by atoms with van der Waals surface area (Å²) in [5.74, 6) is 0. The lowest BCUT2D eigenvalue weighted by Gasteiger charge is -1.88. The summed E-state index contributed by atoms with van der Waals surface area (Å²) in [6.07, 6.45) is 9.69. The van der Waals surface area contributed by atoms with Gasteiger partial charge in [-0.1, -0.05) is 31.9 Å². The van der Waals surface area contributed by atoms with Crippen LogP contribution in [-0.2, 0) is 0 Å². The first kappa shape index (κ1) is 12.0. The van der Waals surface area contributed by atoms with E-state index in [1.807, 2.05) is 0 Å². The van der Waals surface area contributed by atoms with E-state index in [9.17, 15) is 0 Å². The SMILES string of the molecule is CC=CCCCCC.[Al]. The predicted molar refractivity (Wildman–Crippen MR) is 44.7 cm³/mol. The Hall–Kier alpha value is 0.272. The highest BCUT2D eigenvalue weighted by Crippen LogP contribution is 1.98. The number of allylic oxidation sites excluding steroid dienone is 2. The lowest BCUT2D eigenvalue weighted by atomic mass is 10.2. The van der Waals surface area contributed by atoms with E-state index in [1.165, 1.54) is 25.7 Å². The molecule has 9 heavy (non-hydrogen) atoms. The van der Waals surface area contributed by atoms with Gasteiger partial charge in [0.05, 0.1) is 0 Å². The van der Waals surface area contributed by atoms with Crippen molar-refractivity contribution in [2.45, 2.75) is 39.5 Å². The van der Waals surface area contributed by atoms with E-state index in [1.54, 1.807) is 0 Å². The second kappa shape index (κ2) is 11.1. The van der Waals surface area contributed by atoms with Crippen molar-refractivity contribution < 1.29 is 0 Å². The summed E-state index contributed by atoms with van der Waals surface area (Å²) in [7, 11) is 0. The van der Waals surface area contributed by atoms with E-state index < -0.39 is 0 Å². The molecule has 0 rings (SSSR count). The highest BCUT2D eigenvalue weighted by Gasteiger charge is 1.78. The van der Waals surface area contributed by atoms with Crippen molar-refractivity contribution in [2.75, 3.05) is 0 Å². The van der Waals surface area contributed by atoms with E-state index in [4.69, 9.17) is 0 Å². The van der Waals surface area contributed by atoms with Crippen molar-refractivity contribution in [2.24, 2.45) is 0 Å². The van der Waals surface area contributed by atoms with E-state index in [0.29, 0.717) is 0 Å². The minimum Gasteiger partial charge on any atom is -0.0917 e. The molecule has 0 fully saturated rings. The van der Waals surface area contributed by atoms with Crippen LogP contribution in [0.25, 0.3) is 0 Å². The molecular weight excluding hydrogens is 123 g/mol. The second-order valence-corrected chi connectivity index (χ2v) is 2.06. The van der Waals surface area contributed by atoms with Crippen LogP contribution in [0.1, 0.15) is 39.5 Å². The van der Waals surface area contributed by atoms with Gasteiger partial charge in [0, 0.05) is 17.4 Å². The Kier molecular flexibility index (Phi) is 14.8. The van der Waals surface area contributed by atoms with Crippen LogP contribution in [0.15, 0.2) is 12.2 Å². The molecule has 0 aromatic heterocycles. The molecular formula is C8H16Al. The van der Waals surface area contributed by atoms with E-state index in [-0.39, 0.29) is 17.4 Å². The molecule has 51 valence electrons. The standard InChI is InChI=1S/C8H16.Al/c1-3-5-7-8-6-4-2;/h3,5H,4,6-8H2,1-2H3;. The summed E-state index contributed by atoms with van der Waals surface area (Å²) < 4.78 is 0. The highest BCUT2D eigenvalue weighted by molar-refractivity contribution is 5.75. The van der Waals surface area contributed by atoms with Crippen molar-refractivity contribution >= 4 is 17.4 Å². The Labute approximate surface area is 69.5 Å². The molecule has 3 radical (unpaired) electrons. The summed E-state index contributed by atoms with van der Waals surface area (Å²) in [6, 6.07) is 0. The minimum atomic E-state index is 0. The van der Waals surface area contributed by atoms with Crippen molar-refractivity contribution in [3.8, 4) is 0 Å². The smallest absolute Gasteiger partial charge is 0 e. The zero-order valence-electron chi connectivity index (χ0n) is 6.56. The average Bonchev–Trinajstić information content (AvgIpc) is 1.81. The van der Waals surface area contributed by atoms with Crippen LogP contribution in [0.3, 0.4) is 0 Å². The van der Waals surface area contributed by atoms with Gasteiger partial charge in [-0.05, 0) is 19.8 Å². The van der Waals surface area contributed by atoms with Gasteiger partial charge in [0.25, 0.3) is 0 Å². The summed E-state index contributed by atoms with van der Waals surface area (Å²) in [5.41, 5.74) is 0. The van der Waals surface area contributed by atoms with Crippen LogP contribution >= 0.6 is 0 Å². The lowest BCUT2D eigenvalue weighted by molar-refractivity contribution is 0.729. The van der Waals surface area contributed by atoms with Gasteiger partial charge in [-0.3, -0.25) is 0 Å². The summed E-state index contributed by atoms with van der Waals surface area (Å²) in [6.45, 7) is 4.31. The van der Waals surface area contributed by atoms with Crippen LogP contribution in [0.2, 0.25) is 0 Å². The Morgan fingerprint density at radius 2 is 1.89 bits per heavy atom. The van der Waals surface area contributed by atoms with Crippen LogP contribution < -0.4 is 0 Å². The molecule has 0 amide bonds. The zero-order valence-corrected chi connectivity index (χ0v) is 7.72. The van der Waals surface area contributed by atoms with Crippen molar-refractivity contribution in [3.63, 3.8) is 0 Å². The van der Waals surface area contributed by atoms with Gasteiger partial charge in [0.2, 0.25) is 0 Å². The monoisotopic (exact) mass is 139 g/mol. The fraction of sp³-hybridized carbons (Fsp3) is 0.750. The fourth-order valence-corrected chi connectivity index (χ4v) is 0.679. The van der Waals surface area contributed by atoms with E-state index in [2.05, 4.69) is 26.0 Å². The Morgan fingerprint density at radius 3 is 2.33 bits per heavy atom.